The van der Waals surface area contributed by atoms with Gasteiger partial charge in [0.25, 0.3) is 0 Å². The third kappa shape index (κ3) is 6.33. The summed E-state index contributed by atoms with van der Waals surface area (Å²) in [4.78, 5) is 12.6. The second kappa shape index (κ2) is 10.3. The molecule has 10 heteroatoms. The standard InChI is InChI=1S/C21H25ClN2O6S/c1-14(13-28-2)24-31(26,27)17-6-4-16(5-7-17)23-20(25)12-15-10-18(22)21-19(11-15)29-8-3-9-30-21/h4-7,10-11,14,24H,3,8-9,12-13H2,1-2H3,(H,23,25)/t14-/m1/s1. The van der Waals surface area contributed by atoms with Crippen molar-refractivity contribution in [2.45, 2.75) is 30.7 Å². The van der Waals surface area contributed by atoms with Gasteiger partial charge in [0, 0.05) is 25.3 Å². The Labute approximate surface area is 186 Å². The van der Waals surface area contributed by atoms with Crippen LogP contribution in [0.5, 0.6) is 11.5 Å². The fourth-order valence-electron chi connectivity index (χ4n) is 3.11. The zero-order valence-corrected chi connectivity index (χ0v) is 18.9. The Balaban J connectivity index is 1.64. The van der Waals surface area contributed by atoms with Gasteiger partial charge in [-0.2, -0.15) is 0 Å². The summed E-state index contributed by atoms with van der Waals surface area (Å²) in [5.74, 6) is 0.749. The van der Waals surface area contributed by atoms with E-state index in [-0.39, 0.29) is 29.9 Å². The zero-order valence-electron chi connectivity index (χ0n) is 17.3. The number of hydrogen-bond donors (Lipinski definition) is 2. The molecule has 0 saturated carbocycles. The van der Waals surface area contributed by atoms with Gasteiger partial charge in [-0.15, -0.1) is 0 Å². The molecule has 0 radical (unpaired) electrons. The van der Waals surface area contributed by atoms with Crippen LogP contribution in [0.15, 0.2) is 41.3 Å². The molecule has 0 unspecified atom stereocenters. The molecule has 2 aromatic rings. The lowest BCUT2D eigenvalue weighted by atomic mass is 10.1. The van der Waals surface area contributed by atoms with Gasteiger partial charge in [-0.3, -0.25) is 4.79 Å². The van der Waals surface area contributed by atoms with Crippen molar-refractivity contribution in [1.29, 1.82) is 0 Å². The average molecular weight is 469 g/mol. The Morgan fingerprint density at radius 1 is 1.19 bits per heavy atom. The van der Waals surface area contributed by atoms with Crippen LogP contribution < -0.4 is 19.5 Å². The molecule has 0 bridgehead atoms. The van der Waals surface area contributed by atoms with Gasteiger partial charge >= 0.3 is 0 Å². The molecule has 0 fully saturated rings. The number of halogens is 1. The molecule has 1 heterocycles. The summed E-state index contributed by atoms with van der Waals surface area (Å²) in [5.41, 5.74) is 1.16. The molecule has 1 atom stereocenters. The van der Waals surface area contributed by atoms with Crippen molar-refractivity contribution < 1.29 is 27.4 Å². The third-order valence-electron chi connectivity index (χ3n) is 4.45. The minimum atomic E-state index is -3.68. The summed E-state index contributed by atoms with van der Waals surface area (Å²) < 4.78 is 43.5. The number of carbonyl (C=O) groups excluding carboxylic acids is 1. The first-order valence-electron chi connectivity index (χ1n) is 9.77. The van der Waals surface area contributed by atoms with Crippen LogP contribution in [0.2, 0.25) is 5.02 Å². The van der Waals surface area contributed by atoms with Gasteiger partial charge in [0.1, 0.15) is 0 Å². The number of nitrogens with one attached hydrogen (secondary N) is 2. The predicted molar refractivity (Wildman–Crippen MR) is 117 cm³/mol. The molecule has 0 aliphatic carbocycles. The van der Waals surface area contributed by atoms with Crippen LogP contribution in [0.4, 0.5) is 5.69 Å². The molecule has 1 aliphatic rings. The molecule has 168 valence electrons. The molecule has 1 amide bonds. The molecule has 3 rings (SSSR count). The Kier molecular flexibility index (Phi) is 7.77. The van der Waals surface area contributed by atoms with Gasteiger partial charge < -0.3 is 19.5 Å². The lowest BCUT2D eigenvalue weighted by Gasteiger charge is -2.14. The fraction of sp³-hybridized carbons (Fsp3) is 0.381. The molecular weight excluding hydrogens is 444 g/mol. The summed E-state index contributed by atoms with van der Waals surface area (Å²) in [6.07, 6.45) is 0.833. The van der Waals surface area contributed by atoms with Crippen molar-refractivity contribution in [2.75, 3.05) is 32.2 Å². The quantitative estimate of drug-likeness (QED) is 0.617. The highest BCUT2D eigenvalue weighted by Crippen LogP contribution is 2.38. The van der Waals surface area contributed by atoms with E-state index in [1.54, 1.807) is 19.1 Å². The second-order valence-electron chi connectivity index (χ2n) is 7.18. The van der Waals surface area contributed by atoms with E-state index in [1.807, 2.05) is 0 Å². The molecule has 1 aliphatic heterocycles. The zero-order chi connectivity index (χ0) is 22.4. The number of amides is 1. The Hall–Kier alpha value is -2.33. The number of methoxy groups -OCH3 is 1. The number of carbonyl (C=O) groups is 1. The molecule has 2 N–H and O–H groups in total. The first-order valence-corrected chi connectivity index (χ1v) is 11.6. The maximum atomic E-state index is 12.5. The summed E-state index contributed by atoms with van der Waals surface area (Å²) in [7, 11) is -2.17. The molecule has 0 spiro atoms. The van der Waals surface area contributed by atoms with Gasteiger partial charge in [-0.05, 0) is 48.9 Å². The number of hydrogen-bond acceptors (Lipinski definition) is 6. The smallest absolute Gasteiger partial charge is 0.240 e. The molecular formula is C21H25ClN2O6S. The molecule has 2 aromatic carbocycles. The Morgan fingerprint density at radius 3 is 2.61 bits per heavy atom. The maximum Gasteiger partial charge on any atom is 0.240 e. The first-order chi connectivity index (χ1) is 14.8. The number of sulfonamides is 1. The third-order valence-corrected chi connectivity index (χ3v) is 6.33. The highest BCUT2D eigenvalue weighted by Gasteiger charge is 2.19. The van der Waals surface area contributed by atoms with Crippen molar-refractivity contribution in [3.8, 4) is 11.5 Å². The summed E-state index contributed by atoms with van der Waals surface area (Å²) in [5, 5.41) is 3.15. The van der Waals surface area contributed by atoms with Gasteiger partial charge in [-0.1, -0.05) is 11.6 Å². The Bertz CT molecular complexity index is 1030. The molecule has 0 saturated heterocycles. The van der Waals surface area contributed by atoms with Crippen molar-refractivity contribution in [1.82, 2.24) is 4.72 Å². The van der Waals surface area contributed by atoms with E-state index in [9.17, 15) is 13.2 Å². The van der Waals surface area contributed by atoms with Crippen LogP contribution >= 0.6 is 11.6 Å². The van der Waals surface area contributed by atoms with Crippen molar-refractivity contribution in [3.05, 3.63) is 47.0 Å². The SMILES string of the molecule is COC[C@@H](C)NS(=O)(=O)c1ccc(NC(=O)Cc2cc(Cl)c3c(c2)OCCCO3)cc1. The maximum absolute atomic E-state index is 12.5. The summed E-state index contributed by atoms with van der Waals surface area (Å²) in [6.45, 7) is 3.02. The van der Waals surface area contributed by atoms with Gasteiger partial charge in [0.15, 0.2) is 11.5 Å². The van der Waals surface area contributed by atoms with E-state index in [0.717, 1.165) is 6.42 Å². The van der Waals surface area contributed by atoms with Crippen molar-refractivity contribution >= 4 is 33.2 Å². The highest BCUT2D eigenvalue weighted by atomic mass is 35.5. The largest absolute Gasteiger partial charge is 0.489 e. The minimum absolute atomic E-state index is 0.0759. The van der Waals surface area contributed by atoms with E-state index < -0.39 is 10.0 Å². The van der Waals surface area contributed by atoms with Crippen molar-refractivity contribution in [3.63, 3.8) is 0 Å². The number of anilines is 1. The number of benzene rings is 2. The van der Waals surface area contributed by atoms with E-state index >= 15 is 0 Å². The van der Waals surface area contributed by atoms with Crippen LogP contribution in [0.3, 0.4) is 0 Å². The van der Waals surface area contributed by atoms with E-state index in [2.05, 4.69) is 10.0 Å². The van der Waals surface area contributed by atoms with Crippen LogP contribution in [0.1, 0.15) is 18.9 Å². The predicted octanol–water partition coefficient (Wildman–Crippen LogP) is 3.00. The fourth-order valence-corrected chi connectivity index (χ4v) is 4.63. The molecule has 31 heavy (non-hydrogen) atoms. The molecule has 8 nitrogen and oxygen atoms in total. The topological polar surface area (TPSA) is 103 Å². The number of rotatable bonds is 8. The van der Waals surface area contributed by atoms with Crippen LogP contribution in [-0.2, 0) is 26.0 Å². The van der Waals surface area contributed by atoms with Gasteiger partial charge in [0.05, 0.1) is 36.2 Å². The van der Waals surface area contributed by atoms with Crippen LogP contribution in [0, 0.1) is 0 Å². The van der Waals surface area contributed by atoms with E-state index in [4.69, 9.17) is 25.8 Å². The lowest BCUT2D eigenvalue weighted by molar-refractivity contribution is -0.115. The van der Waals surface area contributed by atoms with Gasteiger partial charge in [0.2, 0.25) is 15.9 Å². The molecule has 0 aromatic heterocycles. The van der Waals surface area contributed by atoms with E-state index in [0.29, 0.717) is 41.0 Å². The average Bonchev–Trinajstić information content (AvgIpc) is 2.94. The monoisotopic (exact) mass is 468 g/mol. The number of ether oxygens (including phenoxy) is 3. The second-order valence-corrected chi connectivity index (χ2v) is 9.30. The first kappa shape index (κ1) is 23.3. The number of fused-ring (bicyclic) bond motifs is 1. The highest BCUT2D eigenvalue weighted by molar-refractivity contribution is 7.89. The minimum Gasteiger partial charge on any atom is -0.489 e. The van der Waals surface area contributed by atoms with Crippen LogP contribution in [0.25, 0.3) is 0 Å². The lowest BCUT2D eigenvalue weighted by Crippen LogP contribution is -2.35. The van der Waals surface area contributed by atoms with E-state index in [1.165, 1.54) is 31.4 Å². The normalized spacial score (nSPS) is 14.5. The summed E-state index contributed by atoms with van der Waals surface area (Å²) in [6, 6.07) is 9.00. The Morgan fingerprint density at radius 2 is 1.90 bits per heavy atom. The van der Waals surface area contributed by atoms with Crippen molar-refractivity contribution in [2.24, 2.45) is 0 Å². The van der Waals surface area contributed by atoms with Crippen LogP contribution in [-0.4, -0.2) is 47.3 Å². The van der Waals surface area contributed by atoms with Gasteiger partial charge in [-0.25, -0.2) is 13.1 Å². The summed E-state index contributed by atoms with van der Waals surface area (Å²) >= 11 is 6.27.